The molecule has 0 fully saturated rings. The molecule has 0 atom stereocenters. The molecule has 0 saturated heterocycles. The van der Waals surface area contributed by atoms with E-state index >= 15 is 0 Å². The first-order valence-electron chi connectivity index (χ1n) is 25.9. The van der Waals surface area contributed by atoms with Gasteiger partial charge >= 0.3 is 0 Å². The molecule has 2 nitrogen and oxygen atoms in total. The summed E-state index contributed by atoms with van der Waals surface area (Å²) in [5, 5.41) is -0.0446. The molecular formula is C50H32N2. The molecule has 52 heavy (non-hydrogen) atoms. The monoisotopic (exact) mass is 679 g/mol. The first-order chi connectivity index (χ1) is 33.7. The van der Waals surface area contributed by atoms with E-state index in [0.717, 1.165) is 5.39 Å². The van der Waals surface area contributed by atoms with Gasteiger partial charge in [-0.1, -0.05) is 157 Å². The molecule has 11 aromatic rings. The quantitative estimate of drug-likeness (QED) is 0.175. The minimum atomic E-state index is -0.745. The smallest absolute Gasteiger partial charge is 0.0652 e. The highest BCUT2D eigenvalue weighted by Crippen LogP contribution is 2.45. The van der Waals surface area contributed by atoms with Gasteiger partial charge in [-0.25, -0.2) is 0 Å². The van der Waals surface area contributed by atoms with Gasteiger partial charge in [0, 0.05) is 32.5 Å². The standard InChI is InChI=1S/C50H32N2/c1-2-14-34(15-3-1)40-29-28-36(38-24-12-18-33-16-4-6-20-37(33)38)32-48(40)52-45-26-11-9-23-42(45)50-47(52)31-30-46-49(50)41-22-8-10-25-44(41)51(46)43-27-13-19-35-17-5-7-21-39(35)43/h1-32H/i4D,6D,8D,9D,10D,11D,12D,16D,18D,20D,22D,23D,24D,25D,26D,29D,30D,31D,32D. The highest BCUT2D eigenvalue weighted by atomic mass is 15.0. The Labute approximate surface area is 327 Å². The number of nitrogens with zero attached hydrogens (tertiary/aromatic N) is 2. The lowest BCUT2D eigenvalue weighted by molar-refractivity contribution is 1.18. The third-order valence-corrected chi connectivity index (χ3v) is 9.48. The number of aromatic nitrogens is 2. The molecular weight excluding hydrogens is 629 g/mol. The van der Waals surface area contributed by atoms with Crippen molar-refractivity contribution in [3.8, 4) is 33.6 Å². The van der Waals surface area contributed by atoms with Crippen LogP contribution in [0.1, 0.15) is 26.0 Å². The van der Waals surface area contributed by atoms with Gasteiger partial charge in [-0.2, -0.15) is 0 Å². The van der Waals surface area contributed by atoms with E-state index in [1.807, 2.05) is 18.2 Å². The van der Waals surface area contributed by atoms with Crippen molar-refractivity contribution in [2.45, 2.75) is 0 Å². The maximum atomic E-state index is 10.3. The van der Waals surface area contributed by atoms with E-state index < -0.39 is 120 Å². The van der Waals surface area contributed by atoms with Gasteiger partial charge in [0.15, 0.2) is 0 Å². The molecule has 11 rings (SSSR count). The fourth-order valence-corrected chi connectivity index (χ4v) is 7.28. The molecule has 0 N–H and O–H groups in total. The Morgan fingerprint density at radius 1 is 0.346 bits per heavy atom. The second kappa shape index (κ2) is 11.3. The zero-order valence-electron chi connectivity index (χ0n) is 45.9. The van der Waals surface area contributed by atoms with Crippen molar-refractivity contribution in [1.29, 1.82) is 0 Å². The average Bonchev–Trinajstić information content (AvgIpc) is 3.91. The van der Waals surface area contributed by atoms with E-state index in [0.29, 0.717) is 16.6 Å². The van der Waals surface area contributed by atoms with Crippen LogP contribution in [0.4, 0.5) is 0 Å². The van der Waals surface area contributed by atoms with E-state index in [1.165, 1.54) is 15.2 Å². The zero-order chi connectivity index (χ0) is 50.7. The van der Waals surface area contributed by atoms with E-state index in [4.69, 9.17) is 13.7 Å². The highest BCUT2D eigenvalue weighted by Gasteiger charge is 2.22. The topological polar surface area (TPSA) is 9.86 Å². The Morgan fingerprint density at radius 3 is 1.73 bits per heavy atom. The van der Waals surface area contributed by atoms with E-state index in [2.05, 4.69) is 0 Å². The third kappa shape index (κ3) is 4.19. The second-order valence-electron chi connectivity index (χ2n) is 12.2. The Balaban J connectivity index is 1.46. The first-order valence-corrected chi connectivity index (χ1v) is 16.4. The fourth-order valence-electron chi connectivity index (χ4n) is 7.28. The molecule has 0 amide bonds. The molecule has 0 bridgehead atoms. The van der Waals surface area contributed by atoms with Crippen molar-refractivity contribution in [1.82, 2.24) is 9.13 Å². The predicted octanol–water partition coefficient (Wildman–Crippen LogP) is 13.5. The summed E-state index contributed by atoms with van der Waals surface area (Å²) in [6.07, 6.45) is 0. The van der Waals surface area contributed by atoms with Crippen LogP contribution in [-0.4, -0.2) is 9.13 Å². The van der Waals surface area contributed by atoms with Crippen LogP contribution in [0.2, 0.25) is 0 Å². The van der Waals surface area contributed by atoms with Crippen LogP contribution in [0.3, 0.4) is 0 Å². The molecule has 0 radical (unpaired) electrons. The molecule has 0 unspecified atom stereocenters. The van der Waals surface area contributed by atoms with E-state index in [-0.39, 0.29) is 71.9 Å². The molecule has 0 spiro atoms. The summed E-state index contributed by atoms with van der Waals surface area (Å²) in [4.78, 5) is 0. The van der Waals surface area contributed by atoms with Gasteiger partial charge in [0.05, 0.1) is 59.5 Å². The van der Waals surface area contributed by atoms with Crippen LogP contribution < -0.4 is 0 Å². The Hall–Kier alpha value is -6.90. The van der Waals surface area contributed by atoms with Crippen LogP contribution in [0, 0.1) is 0 Å². The lowest BCUT2D eigenvalue weighted by Gasteiger charge is -2.17. The minimum absolute atomic E-state index is 0.0439. The summed E-state index contributed by atoms with van der Waals surface area (Å²) in [5.41, 5.74) is -1.27. The van der Waals surface area contributed by atoms with Crippen molar-refractivity contribution in [2.24, 2.45) is 0 Å². The van der Waals surface area contributed by atoms with Crippen molar-refractivity contribution < 1.29 is 26.0 Å². The summed E-state index contributed by atoms with van der Waals surface area (Å²) in [5.74, 6) is 0. The Morgan fingerprint density at radius 2 is 0.962 bits per heavy atom. The van der Waals surface area contributed by atoms with Gasteiger partial charge in [0.25, 0.3) is 0 Å². The van der Waals surface area contributed by atoms with Crippen molar-refractivity contribution in [2.75, 3.05) is 0 Å². The third-order valence-electron chi connectivity index (χ3n) is 9.48. The van der Waals surface area contributed by atoms with Crippen molar-refractivity contribution in [3.05, 3.63) is 194 Å². The van der Waals surface area contributed by atoms with E-state index in [1.54, 1.807) is 54.6 Å². The number of hydrogen-bond donors (Lipinski definition) is 0. The summed E-state index contributed by atoms with van der Waals surface area (Å²) < 4.78 is 178. The SMILES string of the molecule is [2H]c1cc(-c2c([2H])c([2H])c([2H])c3c([2H])c([2H])c([2H])c([2H])c23)c([2H])c(-n2c3c([2H])c([2H])c([2H])c([2H])c3c3c4c5c([2H])c([2H])c([2H])c([2H])c5n(-c5cccc6ccccc56)c4c([2H])c([2H])c32)c1-c1ccccc1. The zero-order valence-corrected chi connectivity index (χ0v) is 26.9. The van der Waals surface area contributed by atoms with Gasteiger partial charge < -0.3 is 9.13 Å². The largest absolute Gasteiger partial charge is 0.309 e. The molecule has 2 heterocycles. The Kier molecular flexibility index (Phi) is 3.47. The molecule has 0 saturated carbocycles. The van der Waals surface area contributed by atoms with Crippen LogP contribution in [-0.2, 0) is 0 Å². The lowest BCUT2D eigenvalue weighted by Crippen LogP contribution is -1.98. The number of para-hydroxylation sites is 2. The summed E-state index contributed by atoms with van der Waals surface area (Å²) >= 11 is 0. The summed E-state index contributed by atoms with van der Waals surface area (Å²) in [6.45, 7) is 0. The molecule has 2 aromatic heterocycles. The maximum absolute atomic E-state index is 10.3. The molecule has 0 aliphatic heterocycles. The lowest BCUT2D eigenvalue weighted by atomic mass is 9.94. The van der Waals surface area contributed by atoms with Crippen LogP contribution in [0.25, 0.3) is 98.8 Å². The number of hydrogen-bond acceptors (Lipinski definition) is 0. The predicted molar refractivity (Wildman–Crippen MR) is 221 cm³/mol. The molecule has 9 aromatic carbocycles. The van der Waals surface area contributed by atoms with Gasteiger partial charge in [-0.3, -0.25) is 0 Å². The minimum Gasteiger partial charge on any atom is -0.309 e. The molecule has 2 heteroatoms. The summed E-state index contributed by atoms with van der Waals surface area (Å²) in [7, 11) is 0. The number of fused-ring (bicyclic) bond motifs is 9. The van der Waals surface area contributed by atoms with E-state index in [9.17, 15) is 12.3 Å². The van der Waals surface area contributed by atoms with Gasteiger partial charge in [0.1, 0.15) is 0 Å². The second-order valence-corrected chi connectivity index (χ2v) is 12.2. The first kappa shape index (κ1) is 16.0. The van der Waals surface area contributed by atoms with Crippen molar-refractivity contribution >= 4 is 65.2 Å². The molecule has 0 aliphatic carbocycles. The number of rotatable bonds is 4. The maximum Gasteiger partial charge on any atom is 0.0652 e. The Bertz CT molecular complexity index is 4260. The highest BCUT2D eigenvalue weighted by molar-refractivity contribution is 6.29. The fraction of sp³-hybridized carbons (Fsp3) is 0. The average molecular weight is 680 g/mol. The van der Waals surface area contributed by atoms with Crippen LogP contribution >= 0.6 is 0 Å². The molecule has 0 aliphatic rings. The number of benzene rings is 9. The summed E-state index contributed by atoms with van der Waals surface area (Å²) in [6, 6.07) is 9.79. The van der Waals surface area contributed by atoms with Gasteiger partial charge in [-0.05, 0) is 69.1 Å². The molecule has 242 valence electrons. The van der Waals surface area contributed by atoms with Crippen LogP contribution in [0.15, 0.2) is 194 Å². The van der Waals surface area contributed by atoms with Crippen LogP contribution in [0.5, 0.6) is 0 Å². The van der Waals surface area contributed by atoms with Gasteiger partial charge in [0.2, 0.25) is 0 Å². The van der Waals surface area contributed by atoms with Crippen molar-refractivity contribution in [3.63, 3.8) is 0 Å². The van der Waals surface area contributed by atoms with Gasteiger partial charge in [-0.15, -0.1) is 0 Å². The normalized spacial score (nSPS) is 17.0.